The van der Waals surface area contributed by atoms with E-state index in [0.717, 1.165) is 24.2 Å². The Morgan fingerprint density at radius 2 is 2.05 bits per heavy atom. The zero-order chi connectivity index (χ0) is 14.6. The lowest BCUT2D eigenvalue weighted by Crippen LogP contribution is -2.55. The summed E-state index contributed by atoms with van der Waals surface area (Å²) in [7, 11) is 5.81. The van der Waals surface area contributed by atoms with Gasteiger partial charge in [0.2, 0.25) is 0 Å². The number of hydrogen-bond acceptors (Lipinski definition) is 3. The first-order valence-electron chi connectivity index (χ1n) is 6.60. The van der Waals surface area contributed by atoms with E-state index in [1.807, 2.05) is 18.2 Å². The van der Waals surface area contributed by atoms with E-state index in [2.05, 4.69) is 32.8 Å². The summed E-state index contributed by atoms with van der Waals surface area (Å²) in [5.74, 6) is 0.844. The van der Waals surface area contributed by atoms with Crippen LogP contribution in [0, 0.1) is 0 Å². The number of halogens is 1. The maximum Gasteiger partial charge on any atom is 0.122 e. The molecule has 0 aromatic heterocycles. The molecule has 108 valence electrons. The van der Waals surface area contributed by atoms with Crippen molar-refractivity contribution in [2.45, 2.75) is 38.3 Å². The normalized spacial score (nSPS) is 16.2. The van der Waals surface area contributed by atoms with Gasteiger partial charge in [0.15, 0.2) is 0 Å². The van der Waals surface area contributed by atoms with E-state index in [0.29, 0.717) is 5.02 Å². The van der Waals surface area contributed by atoms with Gasteiger partial charge in [0.05, 0.1) is 7.11 Å². The molecule has 1 aromatic carbocycles. The number of nitrogens with zero attached hydrogens (tertiary/aromatic N) is 1. The Hall–Kier alpha value is -0.770. The Kier molecular flexibility index (Phi) is 5.65. The van der Waals surface area contributed by atoms with Gasteiger partial charge >= 0.3 is 0 Å². The molecule has 0 saturated heterocycles. The van der Waals surface area contributed by atoms with Crippen molar-refractivity contribution in [2.24, 2.45) is 5.73 Å². The fraction of sp³-hybridized carbons (Fsp3) is 0.600. The summed E-state index contributed by atoms with van der Waals surface area (Å²) in [4.78, 5) is 2.19. The van der Waals surface area contributed by atoms with Crippen molar-refractivity contribution in [2.75, 3.05) is 21.2 Å². The molecule has 2 N–H and O–H groups in total. The van der Waals surface area contributed by atoms with Gasteiger partial charge in [-0.15, -0.1) is 0 Å². The third kappa shape index (κ3) is 3.62. The molecule has 1 aromatic rings. The summed E-state index contributed by atoms with van der Waals surface area (Å²) < 4.78 is 5.38. The molecule has 0 radical (unpaired) electrons. The molecule has 2 unspecified atom stereocenters. The van der Waals surface area contributed by atoms with Gasteiger partial charge < -0.3 is 15.4 Å². The number of methoxy groups -OCH3 is 1. The average molecular weight is 285 g/mol. The van der Waals surface area contributed by atoms with Crippen LogP contribution in [0.15, 0.2) is 18.2 Å². The van der Waals surface area contributed by atoms with Crippen molar-refractivity contribution in [3.63, 3.8) is 0 Å². The summed E-state index contributed by atoms with van der Waals surface area (Å²) >= 11 is 6.06. The number of nitrogens with two attached hydrogens (primary N) is 1. The molecule has 0 aliphatic carbocycles. The van der Waals surface area contributed by atoms with Gasteiger partial charge in [0.1, 0.15) is 5.75 Å². The maximum absolute atomic E-state index is 6.43. The fourth-order valence-electron chi connectivity index (χ4n) is 2.27. The predicted octanol–water partition coefficient (Wildman–Crippen LogP) is 2.95. The van der Waals surface area contributed by atoms with Gasteiger partial charge in [-0.25, -0.2) is 0 Å². The number of benzene rings is 1. The van der Waals surface area contributed by atoms with E-state index in [-0.39, 0.29) is 11.6 Å². The molecule has 0 aliphatic rings. The highest BCUT2D eigenvalue weighted by Gasteiger charge is 2.32. The zero-order valence-corrected chi connectivity index (χ0v) is 13.3. The molecule has 0 bridgehead atoms. The summed E-state index contributed by atoms with van der Waals surface area (Å²) in [6, 6.07) is 5.68. The minimum atomic E-state index is -0.0483. The monoisotopic (exact) mass is 284 g/mol. The predicted molar refractivity (Wildman–Crippen MR) is 82.1 cm³/mol. The van der Waals surface area contributed by atoms with Crippen LogP contribution in [0.3, 0.4) is 0 Å². The number of rotatable bonds is 6. The average Bonchev–Trinajstić information content (AvgIpc) is 2.37. The molecule has 1 rings (SSSR count). The summed E-state index contributed by atoms with van der Waals surface area (Å²) in [6.45, 7) is 4.35. The Labute approximate surface area is 121 Å². The Balaban J connectivity index is 2.98. The van der Waals surface area contributed by atoms with Crippen LogP contribution >= 0.6 is 11.6 Å². The minimum absolute atomic E-state index is 0.0138. The molecule has 19 heavy (non-hydrogen) atoms. The van der Waals surface area contributed by atoms with Crippen LogP contribution in [0.2, 0.25) is 5.02 Å². The highest BCUT2D eigenvalue weighted by molar-refractivity contribution is 6.30. The molecule has 0 saturated carbocycles. The zero-order valence-electron chi connectivity index (χ0n) is 12.5. The van der Waals surface area contributed by atoms with Gasteiger partial charge in [-0.05, 0) is 57.6 Å². The van der Waals surface area contributed by atoms with Crippen LogP contribution < -0.4 is 10.5 Å². The second kappa shape index (κ2) is 6.60. The van der Waals surface area contributed by atoms with E-state index < -0.39 is 0 Å². The summed E-state index contributed by atoms with van der Waals surface area (Å²) in [5, 5.41) is 0.714. The smallest absolute Gasteiger partial charge is 0.122 e. The standard InChI is InChI=1S/C15H25ClN2O/c1-6-15(2,18(3)4)14(17)10-11-9-12(16)7-8-13(11)19-5/h7-9,14H,6,10,17H2,1-5H3. The number of likely N-dealkylation sites (N-methyl/N-ethyl adjacent to an activating group) is 1. The van der Waals surface area contributed by atoms with E-state index in [9.17, 15) is 0 Å². The van der Waals surface area contributed by atoms with Crippen LogP contribution in [-0.4, -0.2) is 37.7 Å². The van der Waals surface area contributed by atoms with Crippen molar-refractivity contribution in [3.8, 4) is 5.75 Å². The highest BCUT2D eigenvalue weighted by atomic mass is 35.5. The highest BCUT2D eigenvalue weighted by Crippen LogP contribution is 2.28. The summed E-state index contributed by atoms with van der Waals surface area (Å²) in [6.07, 6.45) is 1.73. The molecular weight excluding hydrogens is 260 g/mol. The fourth-order valence-corrected chi connectivity index (χ4v) is 2.47. The minimum Gasteiger partial charge on any atom is -0.496 e. The summed E-state index contributed by atoms with van der Waals surface area (Å²) in [5.41, 5.74) is 7.44. The molecule has 0 spiro atoms. The molecule has 0 amide bonds. The van der Waals surface area contributed by atoms with Crippen molar-refractivity contribution in [1.29, 1.82) is 0 Å². The van der Waals surface area contributed by atoms with E-state index >= 15 is 0 Å². The van der Waals surface area contributed by atoms with E-state index in [1.54, 1.807) is 7.11 Å². The van der Waals surface area contributed by atoms with Gasteiger partial charge in [-0.2, -0.15) is 0 Å². The van der Waals surface area contributed by atoms with Gasteiger partial charge in [-0.3, -0.25) is 0 Å². The van der Waals surface area contributed by atoms with Crippen LogP contribution in [0.25, 0.3) is 0 Å². The first-order chi connectivity index (χ1) is 8.85. The number of hydrogen-bond donors (Lipinski definition) is 1. The third-order valence-electron chi connectivity index (χ3n) is 4.22. The van der Waals surface area contributed by atoms with Crippen LogP contribution in [0.1, 0.15) is 25.8 Å². The van der Waals surface area contributed by atoms with Gasteiger partial charge in [-0.1, -0.05) is 18.5 Å². The number of ether oxygens (including phenoxy) is 1. The first-order valence-corrected chi connectivity index (χ1v) is 6.98. The molecular formula is C15H25ClN2O. The topological polar surface area (TPSA) is 38.5 Å². The molecule has 2 atom stereocenters. The largest absolute Gasteiger partial charge is 0.496 e. The Morgan fingerprint density at radius 1 is 1.42 bits per heavy atom. The van der Waals surface area contributed by atoms with E-state index in [1.165, 1.54) is 0 Å². The van der Waals surface area contributed by atoms with Gasteiger partial charge in [0.25, 0.3) is 0 Å². The van der Waals surface area contributed by atoms with Crippen molar-refractivity contribution in [1.82, 2.24) is 4.90 Å². The molecule has 0 aliphatic heterocycles. The quantitative estimate of drug-likeness (QED) is 0.873. The first kappa shape index (κ1) is 16.3. The second-order valence-electron chi connectivity index (χ2n) is 5.37. The van der Waals surface area contributed by atoms with Crippen molar-refractivity contribution in [3.05, 3.63) is 28.8 Å². The molecule has 0 fully saturated rings. The maximum atomic E-state index is 6.43. The lowest BCUT2D eigenvalue weighted by molar-refractivity contribution is 0.131. The lowest BCUT2D eigenvalue weighted by Gasteiger charge is -2.41. The lowest BCUT2D eigenvalue weighted by atomic mass is 9.84. The van der Waals surface area contributed by atoms with Crippen LogP contribution in [0.5, 0.6) is 5.75 Å². The molecule has 0 heterocycles. The SMILES string of the molecule is CCC(C)(C(N)Cc1cc(Cl)ccc1OC)N(C)C. The Bertz CT molecular complexity index is 423. The van der Waals surface area contributed by atoms with Crippen molar-refractivity contribution >= 4 is 11.6 Å². The molecule has 3 nitrogen and oxygen atoms in total. The van der Waals surface area contributed by atoms with Crippen LogP contribution in [0.4, 0.5) is 0 Å². The van der Waals surface area contributed by atoms with Crippen molar-refractivity contribution < 1.29 is 4.74 Å². The van der Waals surface area contributed by atoms with Crippen LogP contribution in [-0.2, 0) is 6.42 Å². The third-order valence-corrected chi connectivity index (χ3v) is 4.45. The van der Waals surface area contributed by atoms with Gasteiger partial charge in [0, 0.05) is 16.6 Å². The Morgan fingerprint density at radius 3 is 2.53 bits per heavy atom. The molecule has 4 heteroatoms. The second-order valence-corrected chi connectivity index (χ2v) is 5.81. The van der Waals surface area contributed by atoms with E-state index in [4.69, 9.17) is 22.1 Å².